The number of aromatic nitrogens is 2. The molecule has 0 atom stereocenters. The third kappa shape index (κ3) is 0.636. The van der Waals surface area contributed by atoms with E-state index < -0.39 is 0 Å². The van der Waals surface area contributed by atoms with Gasteiger partial charge in [-0.1, -0.05) is 0 Å². The van der Waals surface area contributed by atoms with Crippen LogP contribution in [0, 0.1) is 0 Å². The minimum Gasteiger partial charge on any atom is -0.360 e. The van der Waals surface area contributed by atoms with E-state index in [1.165, 1.54) is 5.39 Å². The third-order valence-electron chi connectivity index (χ3n) is 1.66. The maximum absolute atomic E-state index is 4.15. The summed E-state index contributed by atoms with van der Waals surface area (Å²) in [6.45, 7) is 0. The minimum atomic E-state index is 1.06. The summed E-state index contributed by atoms with van der Waals surface area (Å²) in [6, 6.07) is 4.04. The summed E-state index contributed by atoms with van der Waals surface area (Å²) in [5, 5.41) is 1.23. The molecule has 3 heteroatoms. The molecular weight excluding hydrogens is 123 g/mol. The van der Waals surface area contributed by atoms with Crippen LogP contribution in [0.3, 0.4) is 0 Å². The number of rotatable bonds is 0. The molecule has 0 bridgehead atoms. The Kier molecular flexibility index (Phi) is 1.03. The molecule has 1 N–H and O–H groups in total. The van der Waals surface area contributed by atoms with Crippen molar-refractivity contribution < 1.29 is 0 Å². The average Bonchev–Trinajstić information content (AvgIpc) is 2.36. The zero-order valence-corrected chi connectivity index (χ0v) is 5.76. The molecule has 0 fully saturated rings. The van der Waals surface area contributed by atoms with Crippen LogP contribution in [-0.4, -0.2) is 17.8 Å². The summed E-state index contributed by atoms with van der Waals surface area (Å²) in [4.78, 5) is 7.27. The van der Waals surface area contributed by atoms with Gasteiger partial charge in [0, 0.05) is 23.4 Å². The summed E-state index contributed by atoms with van der Waals surface area (Å²) < 4.78 is 0. The maximum atomic E-state index is 4.15. The van der Waals surface area contributed by atoms with E-state index >= 15 is 0 Å². The van der Waals surface area contributed by atoms with Gasteiger partial charge in [-0.3, -0.25) is 4.98 Å². The van der Waals surface area contributed by atoms with Crippen molar-refractivity contribution in [2.75, 3.05) is 0 Å². The molecule has 0 amide bonds. The van der Waals surface area contributed by atoms with Crippen molar-refractivity contribution in [3.63, 3.8) is 0 Å². The summed E-state index contributed by atoms with van der Waals surface area (Å²) in [5.74, 6) is 0. The Morgan fingerprint density at radius 2 is 2.30 bits per heavy atom. The van der Waals surface area contributed by atoms with Gasteiger partial charge in [-0.15, -0.1) is 0 Å². The molecule has 0 radical (unpaired) electrons. The second-order valence-corrected chi connectivity index (χ2v) is 2.34. The molecule has 0 aliphatic rings. The first kappa shape index (κ1) is 5.53. The number of hydrogen-bond acceptors (Lipinski definition) is 1. The SMILES string of the molecule is Bc1nccc2cc[nH]c12. The number of nitrogens with one attached hydrogen (secondary N) is 1. The third-order valence-corrected chi connectivity index (χ3v) is 1.66. The predicted octanol–water partition coefficient (Wildman–Crippen LogP) is -0.179. The molecule has 2 heterocycles. The van der Waals surface area contributed by atoms with Crippen molar-refractivity contribution in [2.45, 2.75) is 0 Å². The fourth-order valence-corrected chi connectivity index (χ4v) is 1.13. The van der Waals surface area contributed by atoms with E-state index in [2.05, 4.69) is 9.97 Å². The van der Waals surface area contributed by atoms with E-state index in [9.17, 15) is 0 Å². The Bertz CT molecular complexity index is 353. The average molecular weight is 130 g/mol. The fourth-order valence-electron chi connectivity index (χ4n) is 1.13. The number of aromatic amines is 1. The summed E-state index contributed by atoms with van der Waals surface area (Å²) in [6.07, 6.45) is 3.75. The van der Waals surface area contributed by atoms with Crippen LogP contribution in [0.25, 0.3) is 10.9 Å². The van der Waals surface area contributed by atoms with Crippen molar-refractivity contribution >= 4 is 24.3 Å². The van der Waals surface area contributed by atoms with Gasteiger partial charge >= 0.3 is 0 Å². The lowest BCUT2D eigenvalue weighted by Crippen LogP contribution is -2.07. The first-order valence-electron chi connectivity index (χ1n) is 3.26. The number of fused-ring (bicyclic) bond motifs is 1. The van der Waals surface area contributed by atoms with Gasteiger partial charge < -0.3 is 4.98 Å². The molecule has 2 aromatic rings. The zero-order valence-electron chi connectivity index (χ0n) is 5.76. The first-order chi connectivity index (χ1) is 4.88. The van der Waals surface area contributed by atoms with Crippen LogP contribution >= 0.6 is 0 Å². The van der Waals surface area contributed by atoms with Gasteiger partial charge in [-0.2, -0.15) is 0 Å². The van der Waals surface area contributed by atoms with Gasteiger partial charge in [0.25, 0.3) is 0 Å². The van der Waals surface area contributed by atoms with Crippen LogP contribution in [0.15, 0.2) is 24.5 Å². The van der Waals surface area contributed by atoms with Crippen molar-refractivity contribution in [3.05, 3.63) is 24.5 Å². The maximum Gasteiger partial charge on any atom is 0.166 e. The van der Waals surface area contributed by atoms with Gasteiger partial charge in [0.1, 0.15) is 0 Å². The van der Waals surface area contributed by atoms with E-state index in [-0.39, 0.29) is 0 Å². The van der Waals surface area contributed by atoms with E-state index in [0.29, 0.717) is 0 Å². The van der Waals surface area contributed by atoms with Crippen LogP contribution in [0.1, 0.15) is 0 Å². The number of pyridine rings is 1. The zero-order chi connectivity index (χ0) is 6.97. The summed E-state index contributed by atoms with van der Waals surface area (Å²) in [5.41, 5.74) is 2.20. The molecule has 0 unspecified atom stereocenters. The van der Waals surface area contributed by atoms with Crippen LogP contribution in [0.4, 0.5) is 0 Å². The molecule has 2 rings (SSSR count). The predicted molar refractivity (Wildman–Crippen MR) is 44.3 cm³/mol. The molecule has 0 saturated carbocycles. The number of H-pyrrole nitrogens is 1. The molecule has 0 saturated heterocycles. The highest BCUT2D eigenvalue weighted by Gasteiger charge is 1.94. The molecule has 0 aliphatic heterocycles. The monoisotopic (exact) mass is 130 g/mol. The molecule has 0 aromatic carbocycles. The molecule has 0 spiro atoms. The Balaban J connectivity index is 2.95. The molecule has 2 nitrogen and oxygen atoms in total. The Morgan fingerprint density at radius 3 is 3.10 bits per heavy atom. The van der Waals surface area contributed by atoms with Gasteiger partial charge in [0.2, 0.25) is 0 Å². The van der Waals surface area contributed by atoms with E-state index in [1.807, 2.05) is 32.4 Å². The smallest absolute Gasteiger partial charge is 0.166 e. The lowest BCUT2D eigenvalue weighted by molar-refractivity contribution is 1.39. The highest BCUT2D eigenvalue weighted by atomic mass is 14.7. The molecule has 48 valence electrons. The first-order valence-corrected chi connectivity index (χ1v) is 3.26. The van der Waals surface area contributed by atoms with Crippen molar-refractivity contribution in [3.8, 4) is 0 Å². The number of nitrogens with zero attached hydrogens (tertiary/aromatic N) is 1. The normalized spacial score (nSPS) is 10.4. The molecule has 10 heavy (non-hydrogen) atoms. The van der Waals surface area contributed by atoms with Gasteiger partial charge in [0.05, 0.1) is 5.52 Å². The van der Waals surface area contributed by atoms with Crippen molar-refractivity contribution in [1.29, 1.82) is 0 Å². The standard InChI is InChI=1S/C7H7BN2/c8-7-6-5(1-3-9-6)2-4-10-7/h1-4,9H,8H2. The largest absolute Gasteiger partial charge is 0.360 e. The molecule has 2 aromatic heterocycles. The fraction of sp³-hybridized carbons (Fsp3) is 0. The summed E-state index contributed by atoms with van der Waals surface area (Å²) >= 11 is 0. The number of hydrogen-bond donors (Lipinski definition) is 1. The lowest BCUT2D eigenvalue weighted by Gasteiger charge is -1.91. The minimum absolute atomic E-state index is 1.06. The van der Waals surface area contributed by atoms with Crippen LogP contribution in [-0.2, 0) is 0 Å². The van der Waals surface area contributed by atoms with E-state index in [1.54, 1.807) is 0 Å². The second kappa shape index (κ2) is 1.87. The van der Waals surface area contributed by atoms with E-state index in [4.69, 9.17) is 0 Å². The lowest BCUT2D eigenvalue weighted by atomic mass is 10.0. The Morgan fingerprint density at radius 1 is 1.40 bits per heavy atom. The summed E-state index contributed by atoms with van der Waals surface area (Å²) in [7, 11) is 2.00. The van der Waals surface area contributed by atoms with Crippen LogP contribution in [0.5, 0.6) is 0 Å². The molecular formula is C7H7BN2. The Hall–Kier alpha value is -1.25. The van der Waals surface area contributed by atoms with E-state index in [0.717, 1.165) is 11.1 Å². The van der Waals surface area contributed by atoms with Gasteiger partial charge in [-0.25, -0.2) is 0 Å². The van der Waals surface area contributed by atoms with Crippen LogP contribution in [0.2, 0.25) is 0 Å². The Labute approximate surface area is 59.7 Å². The second-order valence-electron chi connectivity index (χ2n) is 2.34. The topological polar surface area (TPSA) is 28.7 Å². The quantitative estimate of drug-likeness (QED) is 0.492. The molecule has 0 aliphatic carbocycles. The highest BCUT2D eigenvalue weighted by Crippen LogP contribution is 2.05. The van der Waals surface area contributed by atoms with Crippen molar-refractivity contribution in [1.82, 2.24) is 9.97 Å². The van der Waals surface area contributed by atoms with Gasteiger partial charge in [0.15, 0.2) is 7.85 Å². The van der Waals surface area contributed by atoms with Crippen LogP contribution < -0.4 is 5.59 Å². The van der Waals surface area contributed by atoms with Gasteiger partial charge in [-0.05, 0) is 12.1 Å². The van der Waals surface area contributed by atoms with Crippen molar-refractivity contribution in [2.24, 2.45) is 0 Å². The highest BCUT2D eigenvalue weighted by molar-refractivity contribution is 6.36.